The Balaban J connectivity index is 2.27. The third kappa shape index (κ3) is 2.48. The summed E-state index contributed by atoms with van der Waals surface area (Å²) in [5.41, 5.74) is 0.860. The minimum Gasteiger partial charge on any atom is -0.392 e. The SMILES string of the molecule is CC(c1cccs1)N(C)c1ncccc1CO. The van der Waals surface area contributed by atoms with Gasteiger partial charge in [-0.25, -0.2) is 4.98 Å². The summed E-state index contributed by atoms with van der Waals surface area (Å²) in [4.78, 5) is 7.74. The average Bonchev–Trinajstić information content (AvgIpc) is 2.90. The van der Waals surface area contributed by atoms with E-state index in [1.165, 1.54) is 4.88 Å². The van der Waals surface area contributed by atoms with Crippen LogP contribution in [0.3, 0.4) is 0 Å². The lowest BCUT2D eigenvalue weighted by molar-refractivity contribution is 0.281. The second kappa shape index (κ2) is 5.29. The van der Waals surface area contributed by atoms with Crippen LogP contribution in [-0.4, -0.2) is 17.1 Å². The summed E-state index contributed by atoms with van der Waals surface area (Å²) < 4.78 is 0. The molecule has 2 aromatic heterocycles. The summed E-state index contributed by atoms with van der Waals surface area (Å²) in [5.74, 6) is 0.843. The molecule has 0 aliphatic carbocycles. The van der Waals surface area contributed by atoms with E-state index in [2.05, 4.69) is 34.3 Å². The number of aliphatic hydroxyl groups excluding tert-OH is 1. The fourth-order valence-electron chi connectivity index (χ4n) is 1.77. The summed E-state index contributed by atoms with van der Waals surface area (Å²) in [6.07, 6.45) is 1.76. The van der Waals surface area contributed by atoms with Crippen molar-refractivity contribution in [2.45, 2.75) is 19.6 Å². The van der Waals surface area contributed by atoms with Crippen LogP contribution in [0.25, 0.3) is 0 Å². The largest absolute Gasteiger partial charge is 0.392 e. The van der Waals surface area contributed by atoms with Gasteiger partial charge in [-0.1, -0.05) is 12.1 Å². The van der Waals surface area contributed by atoms with Crippen LogP contribution in [0.1, 0.15) is 23.4 Å². The van der Waals surface area contributed by atoms with Gasteiger partial charge in [0.15, 0.2) is 0 Å². The first-order valence-electron chi connectivity index (χ1n) is 5.55. The molecule has 0 spiro atoms. The van der Waals surface area contributed by atoms with E-state index in [0.717, 1.165) is 11.4 Å². The molecule has 2 heterocycles. The minimum absolute atomic E-state index is 0.0185. The Bertz CT molecular complexity index is 470. The maximum atomic E-state index is 9.32. The monoisotopic (exact) mass is 248 g/mol. The fraction of sp³-hybridized carbons (Fsp3) is 0.308. The van der Waals surface area contributed by atoms with Crippen LogP contribution in [0, 0.1) is 0 Å². The lowest BCUT2D eigenvalue weighted by atomic mass is 10.2. The van der Waals surface area contributed by atoms with Crippen molar-refractivity contribution in [1.82, 2.24) is 4.98 Å². The first-order valence-corrected chi connectivity index (χ1v) is 6.43. The summed E-state index contributed by atoms with van der Waals surface area (Å²) in [6, 6.07) is 8.18. The molecule has 0 aliphatic rings. The molecule has 0 radical (unpaired) electrons. The molecule has 0 saturated heterocycles. The van der Waals surface area contributed by atoms with Crippen molar-refractivity contribution >= 4 is 17.2 Å². The zero-order chi connectivity index (χ0) is 12.3. The van der Waals surface area contributed by atoms with Crippen LogP contribution >= 0.6 is 11.3 Å². The first kappa shape index (κ1) is 12.1. The maximum absolute atomic E-state index is 9.32. The number of rotatable bonds is 4. The Morgan fingerprint density at radius 2 is 2.24 bits per heavy atom. The molecule has 90 valence electrons. The average molecular weight is 248 g/mol. The number of hydrogen-bond donors (Lipinski definition) is 1. The van der Waals surface area contributed by atoms with Gasteiger partial charge < -0.3 is 10.0 Å². The van der Waals surface area contributed by atoms with E-state index in [0.29, 0.717) is 0 Å². The summed E-state index contributed by atoms with van der Waals surface area (Å²) in [7, 11) is 2.01. The Morgan fingerprint density at radius 1 is 1.41 bits per heavy atom. The van der Waals surface area contributed by atoms with Crippen molar-refractivity contribution in [1.29, 1.82) is 0 Å². The predicted octanol–water partition coefficient (Wildman–Crippen LogP) is 2.83. The summed E-state index contributed by atoms with van der Waals surface area (Å²) in [5, 5.41) is 11.4. The molecule has 0 bridgehead atoms. The maximum Gasteiger partial charge on any atom is 0.134 e. The van der Waals surface area contributed by atoms with Gasteiger partial charge in [-0.15, -0.1) is 11.3 Å². The topological polar surface area (TPSA) is 36.4 Å². The molecule has 17 heavy (non-hydrogen) atoms. The number of aromatic nitrogens is 1. The molecular weight excluding hydrogens is 232 g/mol. The lowest BCUT2D eigenvalue weighted by Crippen LogP contribution is -2.23. The van der Waals surface area contributed by atoms with Gasteiger partial charge in [-0.3, -0.25) is 0 Å². The van der Waals surface area contributed by atoms with Crippen molar-refractivity contribution in [2.24, 2.45) is 0 Å². The first-order chi connectivity index (χ1) is 8.24. The summed E-state index contributed by atoms with van der Waals surface area (Å²) in [6.45, 7) is 2.16. The zero-order valence-corrected chi connectivity index (χ0v) is 10.8. The minimum atomic E-state index is 0.0185. The van der Waals surface area contributed by atoms with Gasteiger partial charge in [0, 0.05) is 23.7 Å². The highest BCUT2D eigenvalue weighted by Gasteiger charge is 2.16. The number of thiophene rings is 1. The molecule has 4 heteroatoms. The van der Waals surface area contributed by atoms with Gasteiger partial charge >= 0.3 is 0 Å². The third-order valence-corrected chi connectivity index (χ3v) is 3.95. The number of nitrogens with zero attached hydrogens (tertiary/aromatic N) is 2. The van der Waals surface area contributed by atoms with Crippen LogP contribution in [-0.2, 0) is 6.61 Å². The standard InChI is InChI=1S/C13H16N2OS/c1-10(12-6-4-8-17-12)15(2)13-11(9-16)5-3-7-14-13/h3-8,10,16H,9H2,1-2H3. The van der Waals surface area contributed by atoms with E-state index in [9.17, 15) is 5.11 Å². The third-order valence-electron chi connectivity index (χ3n) is 2.91. The number of hydrogen-bond acceptors (Lipinski definition) is 4. The molecule has 0 aliphatic heterocycles. The second-order valence-corrected chi connectivity index (χ2v) is 4.93. The molecule has 0 saturated carbocycles. The molecule has 1 unspecified atom stereocenters. The molecule has 2 rings (SSSR count). The van der Waals surface area contributed by atoms with E-state index in [4.69, 9.17) is 0 Å². The molecule has 2 aromatic rings. The highest BCUT2D eigenvalue weighted by atomic mass is 32.1. The Labute approximate surface area is 105 Å². The van der Waals surface area contributed by atoms with E-state index >= 15 is 0 Å². The Hall–Kier alpha value is -1.39. The van der Waals surface area contributed by atoms with Gasteiger partial charge in [0.1, 0.15) is 5.82 Å². The number of pyridine rings is 1. The van der Waals surface area contributed by atoms with E-state index in [1.807, 2.05) is 19.2 Å². The fourth-order valence-corrected chi connectivity index (χ4v) is 2.60. The Kier molecular flexibility index (Phi) is 3.76. The van der Waals surface area contributed by atoms with E-state index < -0.39 is 0 Å². The van der Waals surface area contributed by atoms with Crippen LogP contribution in [0.2, 0.25) is 0 Å². The number of aliphatic hydroxyl groups is 1. The van der Waals surface area contributed by atoms with Gasteiger partial charge in [-0.2, -0.15) is 0 Å². The molecule has 0 fully saturated rings. The van der Waals surface area contributed by atoms with Crippen molar-refractivity contribution in [3.63, 3.8) is 0 Å². The molecule has 3 nitrogen and oxygen atoms in total. The second-order valence-electron chi connectivity index (χ2n) is 3.95. The lowest BCUT2D eigenvalue weighted by Gasteiger charge is -2.26. The predicted molar refractivity (Wildman–Crippen MR) is 71.3 cm³/mol. The highest BCUT2D eigenvalue weighted by molar-refractivity contribution is 7.10. The van der Waals surface area contributed by atoms with Crippen molar-refractivity contribution in [3.05, 3.63) is 46.3 Å². The van der Waals surface area contributed by atoms with Gasteiger partial charge in [0.25, 0.3) is 0 Å². The molecule has 0 aromatic carbocycles. The van der Waals surface area contributed by atoms with Crippen molar-refractivity contribution in [3.8, 4) is 0 Å². The van der Waals surface area contributed by atoms with Gasteiger partial charge in [-0.05, 0) is 24.4 Å². The quantitative estimate of drug-likeness (QED) is 0.904. The van der Waals surface area contributed by atoms with Crippen molar-refractivity contribution in [2.75, 3.05) is 11.9 Å². The smallest absolute Gasteiger partial charge is 0.134 e. The molecule has 0 amide bonds. The molecule has 1 N–H and O–H groups in total. The van der Waals surface area contributed by atoms with Crippen LogP contribution in [0.15, 0.2) is 35.8 Å². The number of anilines is 1. The highest BCUT2D eigenvalue weighted by Crippen LogP contribution is 2.28. The summed E-state index contributed by atoms with van der Waals surface area (Å²) >= 11 is 1.74. The molecule has 1 atom stereocenters. The van der Waals surface area contributed by atoms with Crippen LogP contribution in [0.5, 0.6) is 0 Å². The van der Waals surface area contributed by atoms with E-state index in [1.54, 1.807) is 17.5 Å². The van der Waals surface area contributed by atoms with Crippen LogP contribution in [0.4, 0.5) is 5.82 Å². The Morgan fingerprint density at radius 3 is 2.88 bits per heavy atom. The van der Waals surface area contributed by atoms with Crippen LogP contribution < -0.4 is 4.90 Å². The zero-order valence-electron chi connectivity index (χ0n) is 10.00. The van der Waals surface area contributed by atoms with Crippen molar-refractivity contribution < 1.29 is 5.11 Å². The molecular formula is C13H16N2OS. The normalized spacial score (nSPS) is 12.4. The van der Waals surface area contributed by atoms with E-state index in [-0.39, 0.29) is 12.6 Å². The van der Waals surface area contributed by atoms with Gasteiger partial charge in [0.2, 0.25) is 0 Å². The van der Waals surface area contributed by atoms with Gasteiger partial charge in [0.05, 0.1) is 12.6 Å².